The van der Waals surface area contributed by atoms with Crippen molar-refractivity contribution < 1.29 is 27.8 Å². The molecule has 0 radical (unpaired) electrons. The maximum atomic E-state index is 12.4. The molecule has 0 aromatic heterocycles. The van der Waals surface area contributed by atoms with E-state index in [-0.39, 0.29) is 0 Å². The number of ketones is 1. The molecule has 92 valence electrons. The van der Waals surface area contributed by atoms with Crippen molar-refractivity contribution >= 4 is 5.78 Å². The average molecular weight is 238 g/mol. The zero-order valence-electron chi connectivity index (χ0n) is 9.13. The number of rotatable bonds is 4. The number of methoxy groups -OCH3 is 1. The number of ether oxygens (including phenoxy) is 1. The lowest BCUT2D eigenvalue weighted by Crippen LogP contribution is -2.38. The van der Waals surface area contributed by atoms with Crippen LogP contribution in [0.15, 0.2) is 24.2 Å². The van der Waals surface area contributed by atoms with E-state index in [1.54, 1.807) is 0 Å². The molecule has 0 aliphatic heterocycles. The largest absolute Gasteiger partial charge is 0.508 e. The molecule has 0 aromatic rings. The molecule has 0 unspecified atom stereocenters. The van der Waals surface area contributed by atoms with Crippen LogP contribution < -0.4 is 0 Å². The fourth-order valence-corrected chi connectivity index (χ4v) is 0.640. The van der Waals surface area contributed by atoms with E-state index in [4.69, 9.17) is 5.11 Å². The highest BCUT2D eigenvalue weighted by Gasteiger charge is 2.51. The number of aliphatic hydroxyl groups is 1. The summed E-state index contributed by atoms with van der Waals surface area (Å²) in [7, 11) is 1.30. The third-order valence-electron chi connectivity index (χ3n) is 1.98. The Balaban J connectivity index is 4.89. The Morgan fingerprint density at radius 1 is 1.31 bits per heavy atom. The Morgan fingerprint density at radius 3 is 2.19 bits per heavy atom. The Labute approximate surface area is 91.2 Å². The molecular weight excluding hydrogens is 225 g/mol. The number of allylic oxidation sites excluding steroid dienone is 2. The molecule has 0 heterocycles. The summed E-state index contributed by atoms with van der Waals surface area (Å²) in [6.45, 7) is 1.50. The molecule has 0 aliphatic rings. The van der Waals surface area contributed by atoms with Crippen molar-refractivity contribution in [3.05, 3.63) is 24.2 Å². The van der Waals surface area contributed by atoms with E-state index in [0.717, 1.165) is 26.2 Å². The minimum atomic E-state index is -4.66. The van der Waals surface area contributed by atoms with Gasteiger partial charge in [0.1, 0.15) is 11.2 Å². The summed E-state index contributed by atoms with van der Waals surface area (Å²) in [5, 5.41) is 9.09. The maximum absolute atomic E-state index is 12.4. The molecule has 0 saturated carbocycles. The molecule has 0 spiro atoms. The summed E-state index contributed by atoms with van der Waals surface area (Å²) >= 11 is 0. The van der Waals surface area contributed by atoms with Gasteiger partial charge in [0.15, 0.2) is 5.78 Å². The van der Waals surface area contributed by atoms with Crippen LogP contribution in [0.2, 0.25) is 0 Å². The molecule has 0 fully saturated rings. The van der Waals surface area contributed by atoms with E-state index in [9.17, 15) is 18.0 Å². The molecule has 0 saturated heterocycles. The van der Waals surface area contributed by atoms with E-state index < -0.39 is 23.1 Å². The Morgan fingerprint density at radius 2 is 1.81 bits per heavy atom. The summed E-state index contributed by atoms with van der Waals surface area (Å²) in [5.74, 6) is -1.82. The van der Waals surface area contributed by atoms with Gasteiger partial charge in [-0.15, -0.1) is 0 Å². The van der Waals surface area contributed by atoms with Crippen LogP contribution in [-0.2, 0) is 9.53 Å². The number of aliphatic hydroxyl groups excluding tert-OH is 1. The van der Waals surface area contributed by atoms with Crippen LogP contribution in [0.5, 0.6) is 0 Å². The lowest BCUT2D eigenvalue weighted by Gasteiger charge is -2.24. The van der Waals surface area contributed by atoms with Crippen molar-refractivity contribution in [1.82, 2.24) is 0 Å². The predicted octanol–water partition coefficient (Wildman–Crippen LogP) is 2.75. The Hall–Kier alpha value is -1.46. The summed E-state index contributed by atoms with van der Waals surface area (Å²) in [6.07, 6.45) is -2.13. The number of hydrogen-bond acceptors (Lipinski definition) is 3. The van der Waals surface area contributed by atoms with Crippen molar-refractivity contribution in [2.24, 2.45) is 5.41 Å². The summed E-state index contributed by atoms with van der Waals surface area (Å²) in [4.78, 5) is 11.3. The van der Waals surface area contributed by atoms with Crippen molar-refractivity contribution in [3.8, 4) is 0 Å². The minimum Gasteiger partial charge on any atom is -0.508 e. The van der Waals surface area contributed by atoms with Crippen LogP contribution >= 0.6 is 0 Å². The standard InChI is InChI=1S/C10H13F3O3/c1-9(2,10(11,12)13)8(15)6-7(14)4-5-16-3/h4-6,14H,1-3H3/b5-4+,7-6?. The minimum absolute atomic E-state index is 0.517. The molecule has 0 amide bonds. The summed E-state index contributed by atoms with van der Waals surface area (Å²) in [6, 6.07) is 0. The molecular formula is C10H13F3O3. The summed E-state index contributed by atoms with van der Waals surface area (Å²) in [5.41, 5.74) is -2.53. The highest BCUT2D eigenvalue weighted by Crippen LogP contribution is 2.38. The van der Waals surface area contributed by atoms with Crippen LogP contribution in [0.1, 0.15) is 13.8 Å². The normalized spacial score (nSPS) is 14.2. The molecule has 16 heavy (non-hydrogen) atoms. The molecule has 0 atom stereocenters. The number of carbonyl (C=O) groups is 1. The van der Waals surface area contributed by atoms with Gasteiger partial charge in [0.25, 0.3) is 0 Å². The highest BCUT2D eigenvalue weighted by atomic mass is 19.4. The molecule has 3 nitrogen and oxygen atoms in total. The van der Waals surface area contributed by atoms with Crippen LogP contribution in [0, 0.1) is 5.41 Å². The zero-order chi connectivity index (χ0) is 13.0. The van der Waals surface area contributed by atoms with Gasteiger partial charge >= 0.3 is 6.18 Å². The fourth-order valence-electron chi connectivity index (χ4n) is 0.640. The Bertz CT molecular complexity index is 314. The third kappa shape index (κ3) is 3.60. The number of hydrogen-bond donors (Lipinski definition) is 1. The topological polar surface area (TPSA) is 46.5 Å². The zero-order valence-corrected chi connectivity index (χ0v) is 9.13. The van der Waals surface area contributed by atoms with E-state index in [0.29, 0.717) is 6.08 Å². The first kappa shape index (κ1) is 14.5. The van der Waals surface area contributed by atoms with Gasteiger partial charge < -0.3 is 9.84 Å². The van der Waals surface area contributed by atoms with Crippen molar-refractivity contribution in [2.45, 2.75) is 20.0 Å². The van der Waals surface area contributed by atoms with Gasteiger partial charge in [0, 0.05) is 12.2 Å². The van der Waals surface area contributed by atoms with Gasteiger partial charge in [-0.3, -0.25) is 4.79 Å². The molecule has 0 aliphatic carbocycles. The number of halogens is 3. The Kier molecular flexibility index (Phi) is 4.59. The third-order valence-corrected chi connectivity index (χ3v) is 1.98. The second-order valence-electron chi connectivity index (χ2n) is 3.59. The molecule has 0 aromatic carbocycles. The second-order valence-corrected chi connectivity index (χ2v) is 3.59. The van der Waals surface area contributed by atoms with Gasteiger partial charge in [-0.25, -0.2) is 0 Å². The number of alkyl halides is 3. The van der Waals surface area contributed by atoms with Gasteiger partial charge in [-0.1, -0.05) is 0 Å². The van der Waals surface area contributed by atoms with Crippen LogP contribution in [0.4, 0.5) is 13.2 Å². The van der Waals surface area contributed by atoms with Crippen LogP contribution in [-0.4, -0.2) is 24.2 Å². The monoisotopic (exact) mass is 238 g/mol. The number of carbonyl (C=O) groups excluding carboxylic acids is 1. The van der Waals surface area contributed by atoms with Crippen molar-refractivity contribution in [3.63, 3.8) is 0 Å². The first-order valence-corrected chi connectivity index (χ1v) is 4.34. The predicted molar refractivity (Wildman–Crippen MR) is 51.7 cm³/mol. The fraction of sp³-hybridized carbons (Fsp3) is 0.500. The van der Waals surface area contributed by atoms with E-state index >= 15 is 0 Å². The van der Waals surface area contributed by atoms with Gasteiger partial charge in [-0.05, 0) is 13.8 Å². The van der Waals surface area contributed by atoms with E-state index in [1.165, 1.54) is 7.11 Å². The summed E-state index contributed by atoms with van der Waals surface area (Å²) < 4.78 is 41.7. The van der Waals surface area contributed by atoms with Gasteiger partial charge in [-0.2, -0.15) is 13.2 Å². The second kappa shape index (κ2) is 5.05. The van der Waals surface area contributed by atoms with E-state index in [1.807, 2.05) is 0 Å². The molecule has 1 N–H and O–H groups in total. The highest BCUT2D eigenvalue weighted by molar-refractivity contribution is 5.95. The first-order valence-electron chi connectivity index (χ1n) is 4.34. The van der Waals surface area contributed by atoms with Gasteiger partial charge in [0.2, 0.25) is 0 Å². The SMILES string of the molecule is CO/C=C/C(O)=CC(=O)C(C)(C)C(F)(F)F. The van der Waals surface area contributed by atoms with Crippen molar-refractivity contribution in [2.75, 3.05) is 7.11 Å². The molecule has 6 heteroatoms. The quantitative estimate of drug-likeness (QED) is 0.465. The van der Waals surface area contributed by atoms with Crippen LogP contribution in [0.3, 0.4) is 0 Å². The van der Waals surface area contributed by atoms with Gasteiger partial charge in [0.05, 0.1) is 13.4 Å². The van der Waals surface area contributed by atoms with Crippen LogP contribution in [0.25, 0.3) is 0 Å². The lowest BCUT2D eigenvalue weighted by molar-refractivity contribution is -0.207. The maximum Gasteiger partial charge on any atom is 0.401 e. The molecule has 0 bridgehead atoms. The lowest BCUT2D eigenvalue weighted by atomic mass is 9.87. The smallest absolute Gasteiger partial charge is 0.401 e. The first-order chi connectivity index (χ1) is 7.13. The van der Waals surface area contributed by atoms with E-state index in [2.05, 4.69) is 4.74 Å². The molecule has 0 rings (SSSR count). The van der Waals surface area contributed by atoms with Crippen molar-refractivity contribution in [1.29, 1.82) is 0 Å². The average Bonchev–Trinajstić information content (AvgIpc) is 2.12.